The smallest absolute Gasteiger partial charge is 0.209 e. The van der Waals surface area contributed by atoms with Gasteiger partial charge in [-0.3, -0.25) is 4.90 Å². The van der Waals surface area contributed by atoms with Crippen molar-refractivity contribution in [2.45, 2.75) is 27.2 Å². The van der Waals surface area contributed by atoms with Gasteiger partial charge in [-0.05, 0) is 56.2 Å². The average Bonchev–Trinajstić information content (AvgIpc) is 3.08. The van der Waals surface area contributed by atoms with Crippen molar-refractivity contribution < 1.29 is 4.42 Å². The molecule has 0 saturated heterocycles. The van der Waals surface area contributed by atoms with Crippen LogP contribution in [0.5, 0.6) is 0 Å². The van der Waals surface area contributed by atoms with Gasteiger partial charge in [0.25, 0.3) is 0 Å². The van der Waals surface area contributed by atoms with Crippen LogP contribution in [0.2, 0.25) is 0 Å². The van der Waals surface area contributed by atoms with Crippen molar-refractivity contribution in [1.82, 2.24) is 0 Å². The molecule has 2 heteroatoms. The molecule has 3 aromatic carbocycles. The molecule has 0 radical (unpaired) electrons. The Balaban J connectivity index is 1.80. The predicted octanol–water partition coefficient (Wildman–Crippen LogP) is 7.97. The van der Waals surface area contributed by atoms with Crippen LogP contribution in [0.25, 0.3) is 17.2 Å². The fourth-order valence-electron chi connectivity index (χ4n) is 4.36. The highest BCUT2D eigenvalue weighted by atomic mass is 16.4. The molecule has 1 aliphatic heterocycles. The van der Waals surface area contributed by atoms with E-state index < -0.39 is 0 Å². The molecule has 2 nitrogen and oxygen atoms in total. The molecule has 2 heterocycles. The quantitative estimate of drug-likeness (QED) is 0.310. The number of nitrogens with zero attached hydrogens (tertiary/aromatic N) is 1. The lowest BCUT2D eigenvalue weighted by atomic mass is 9.94. The van der Waals surface area contributed by atoms with Crippen molar-refractivity contribution in [2.24, 2.45) is 0 Å². The van der Waals surface area contributed by atoms with Crippen molar-refractivity contribution in [3.05, 3.63) is 107 Å². The van der Waals surface area contributed by atoms with Crippen LogP contribution in [0.15, 0.2) is 83.3 Å². The highest BCUT2D eigenvalue weighted by Gasteiger charge is 2.31. The van der Waals surface area contributed by atoms with Crippen LogP contribution < -0.4 is 4.90 Å². The Hall–Kier alpha value is -3.52. The van der Waals surface area contributed by atoms with Crippen molar-refractivity contribution in [3.8, 4) is 11.1 Å². The third-order valence-electron chi connectivity index (χ3n) is 5.89. The summed E-state index contributed by atoms with van der Waals surface area (Å²) in [5, 5.41) is 0. The zero-order valence-corrected chi connectivity index (χ0v) is 17.6. The lowest BCUT2D eigenvalue weighted by Gasteiger charge is -2.31. The first-order valence-corrected chi connectivity index (χ1v) is 10.5. The highest BCUT2D eigenvalue weighted by molar-refractivity contribution is 5.90. The number of hydrogen-bond acceptors (Lipinski definition) is 2. The van der Waals surface area contributed by atoms with Crippen molar-refractivity contribution in [1.29, 1.82) is 0 Å². The van der Waals surface area contributed by atoms with Crippen LogP contribution in [-0.4, -0.2) is 0 Å². The summed E-state index contributed by atoms with van der Waals surface area (Å²) in [6.45, 7) is 6.34. The number of furan rings is 1. The molecule has 0 unspecified atom stereocenters. The first kappa shape index (κ1) is 18.5. The zero-order valence-electron chi connectivity index (χ0n) is 17.6. The van der Waals surface area contributed by atoms with Gasteiger partial charge < -0.3 is 4.42 Å². The average molecular weight is 392 g/mol. The summed E-state index contributed by atoms with van der Waals surface area (Å²) in [7, 11) is 0. The Morgan fingerprint density at radius 3 is 2.43 bits per heavy atom. The van der Waals surface area contributed by atoms with Crippen molar-refractivity contribution in [2.75, 3.05) is 4.90 Å². The Morgan fingerprint density at radius 1 is 0.867 bits per heavy atom. The van der Waals surface area contributed by atoms with Crippen LogP contribution in [-0.2, 0) is 6.42 Å². The minimum absolute atomic E-state index is 0.890. The lowest BCUT2D eigenvalue weighted by Crippen LogP contribution is -2.18. The standard InChI is InChI=1S/C28H25NO/c1-4-10-27-20(3)23-18-22-13-8-9-14-25(22)29(28(23)30-27)26-16-15-19(2)17-24(26)21-11-6-5-7-12-21/h4-17H,18H2,1-3H3/b10-4-. The molecule has 0 amide bonds. The van der Waals surface area contributed by atoms with Gasteiger partial charge >= 0.3 is 0 Å². The van der Waals surface area contributed by atoms with Crippen LogP contribution in [0, 0.1) is 13.8 Å². The zero-order chi connectivity index (χ0) is 20.7. The number of allylic oxidation sites excluding steroid dienone is 1. The van der Waals surface area contributed by atoms with E-state index in [9.17, 15) is 0 Å². The van der Waals surface area contributed by atoms with E-state index in [1.54, 1.807) is 0 Å². The predicted molar refractivity (Wildman–Crippen MR) is 126 cm³/mol. The minimum Gasteiger partial charge on any atom is -0.440 e. The monoisotopic (exact) mass is 391 g/mol. The third-order valence-corrected chi connectivity index (χ3v) is 5.89. The summed E-state index contributed by atoms with van der Waals surface area (Å²) in [4.78, 5) is 2.30. The van der Waals surface area contributed by atoms with E-state index in [0.717, 1.165) is 23.8 Å². The second-order valence-electron chi connectivity index (χ2n) is 7.90. The van der Waals surface area contributed by atoms with Gasteiger partial charge in [0, 0.05) is 23.1 Å². The molecule has 1 aliphatic rings. The molecule has 1 aromatic heterocycles. The Morgan fingerprint density at radius 2 is 1.63 bits per heavy atom. The van der Waals surface area contributed by atoms with Crippen LogP contribution in [0.3, 0.4) is 0 Å². The molecular weight excluding hydrogens is 366 g/mol. The summed E-state index contributed by atoms with van der Waals surface area (Å²) < 4.78 is 6.46. The number of rotatable bonds is 3. The van der Waals surface area contributed by atoms with Crippen LogP contribution in [0.1, 0.15) is 34.9 Å². The lowest BCUT2D eigenvalue weighted by molar-refractivity contribution is 0.558. The van der Waals surface area contributed by atoms with Gasteiger partial charge in [0.05, 0.1) is 11.4 Å². The number of anilines is 3. The van der Waals surface area contributed by atoms with Gasteiger partial charge in [-0.25, -0.2) is 0 Å². The van der Waals surface area contributed by atoms with Gasteiger partial charge in [0.1, 0.15) is 5.76 Å². The maximum absolute atomic E-state index is 6.46. The highest BCUT2D eigenvalue weighted by Crippen LogP contribution is 2.49. The Labute approximate surface area is 178 Å². The summed E-state index contributed by atoms with van der Waals surface area (Å²) >= 11 is 0. The fourth-order valence-corrected chi connectivity index (χ4v) is 4.36. The molecule has 4 aromatic rings. The summed E-state index contributed by atoms with van der Waals surface area (Å²) in [6, 6.07) is 25.9. The molecule has 0 saturated carbocycles. The second kappa shape index (κ2) is 7.38. The Kier molecular flexibility index (Phi) is 4.55. The first-order chi connectivity index (χ1) is 14.7. The van der Waals surface area contributed by atoms with E-state index in [-0.39, 0.29) is 0 Å². The summed E-state index contributed by atoms with van der Waals surface area (Å²) in [5.74, 6) is 1.87. The third kappa shape index (κ3) is 2.96. The number of para-hydroxylation sites is 1. The van der Waals surface area contributed by atoms with Gasteiger partial charge in [-0.15, -0.1) is 0 Å². The van der Waals surface area contributed by atoms with E-state index in [4.69, 9.17) is 4.42 Å². The molecule has 0 spiro atoms. The van der Waals surface area contributed by atoms with Gasteiger partial charge in [-0.2, -0.15) is 0 Å². The molecule has 0 aliphatic carbocycles. The number of benzene rings is 3. The molecule has 30 heavy (non-hydrogen) atoms. The van der Waals surface area contributed by atoms with E-state index >= 15 is 0 Å². The van der Waals surface area contributed by atoms with Crippen LogP contribution in [0.4, 0.5) is 17.3 Å². The van der Waals surface area contributed by atoms with E-state index in [0.29, 0.717) is 0 Å². The topological polar surface area (TPSA) is 16.4 Å². The van der Waals surface area contributed by atoms with Crippen LogP contribution >= 0.6 is 0 Å². The number of aryl methyl sites for hydroxylation is 1. The number of hydrogen-bond donors (Lipinski definition) is 0. The van der Waals surface area contributed by atoms with Gasteiger partial charge in [0.2, 0.25) is 5.88 Å². The van der Waals surface area contributed by atoms with E-state index in [2.05, 4.69) is 97.6 Å². The summed E-state index contributed by atoms with van der Waals surface area (Å²) in [5.41, 5.74) is 9.79. The van der Waals surface area contributed by atoms with Crippen molar-refractivity contribution in [3.63, 3.8) is 0 Å². The van der Waals surface area contributed by atoms with E-state index in [1.165, 1.54) is 39.1 Å². The van der Waals surface area contributed by atoms with Crippen molar-refractivity contribution >= 4 is 23.3 Å². The second-order valence-corrected chi connectivity index (χ2v) is 7.90. The molecule has 5 rings (SSSR count). The van der Waals surface area contributed by atoms with Gasteiger partial charge in [-0.1, -0.05) is 66.2 Å². The first-order valence-electron chi connectivity index (χ1n) is 10.5. The molecule has 0 N–H and O–H groups in total. The number of fused-ring (bicyclic) bond motifs is 2. The largest absolute Gasteiger partial charge is 0.440 e. The molecule has 0 fully saturated rings. The van der Waals surface area contributed by atoms with Gasteiger partial charge in [0.15, 0.2) is 0 Å². The normalized spacial score (nSPS) is 12.8. The summed E-state index contributed by atoms with van der Waals surface area (Å²) in [6.07, 6.45) is 4.99. The fraction of sp³-hybridized carbons (Fsp3) is 0.143. The maximum Gasteiger partial charge on any atom is 0.209 e. The molecule has 0 atom stereocenters. The SMILES string of the molecule is C/C=C\c1oc2c(c1C)Cc1ccccc1N2c1ccc(C)cc1-c1ccccc1. The molecular formula is C28H25NO. The Bertz CT molecular complexity index is 1250. The minimum atomic E-state index is 0.890. The molecule has 0 bridgehead atoms. The molecule has 148 valence electrons. The maximum atomic E-state index is 6.46. The van der Waals surface area contributed by atoms with E-state index in [1.807, 2.05) is 13.0 Å².